The highest BCUT2D eigenvalue weighted by Gasteiger charge is 2.20. The molecule has 5 rings (SSSR count). The first-order valence-corrected chi connectivity index (χ1v) is 11.1. The number of ether oxygens (including phenoxy) is 1. The summed E-state index contributed by atoms with van der Waals surface area (Å²) >= 11 is 0. The lowest BCUT2D eigenvalue weighted by atomic mass is 10.2. The molecule has 10 nitrogen and oxygen atoms in total. The Bertz CT molecular complexity index is 1700. The Kier molecular flexibility index (Phi) is 5.91. The summed E-state index contributed by atoms with van der Waals surface area (Å²) < 4.78 is 9.48. The van der Waals surface area contributed by atoms with Crippen LogP contribution in [0.4, 0.5) is 5.69 Å². The number of nitro groups is 1. The second kappa shape index (κ2) is 9.34. The van der Waals surface area contributed by atoms with Crippen LogP contribution in [0.5, 0.6) is 5.75 Å². The zero-order valence-corrected chi connectivity index (χ0v) is 19.3. The summed E-state index contributed by atoms with van der Waals surface area (Å²) in [6.45, 7) is 0.232. The SMILES string of the molecule is COc1cccc(-n2c(=O)n(Cc3ccccc3)c(=O)c3c2ncn3Cc2cccc([N+](=O)[O-])c2)c1. The smallest absolute Gasteiger partial charge is 0.337 e. The second-order valence-electron chi connectivity index (χ2n) is 8.17. The summed E-state index contributed by atoms with van der Waals surface area (Å²) in [4.78, 5) is 42.5. The second-order valence-corrected chi connectivity index (χ2v) is 8.17. The molecular weight excluding hydrogens is 462 g/mol. The minimum absolute atomic E-state index is 0.0494. The van der Waals surface area contributed by atoms with E-state index in [0.29, 0.717) is 17.0 Å². The Balaban J connectivity index is 1.74. The van der Waals surface area contributed by atoms with Gasteiger partial charge in [0.15, 0.2) is 11.2 Å². The first-order chi connectivity index (χ1) is 17.5. The Morgan fingerprint density at radius 1 is 0.917 bits per heavy atom. The van der Waals surface area contributed by atoms with Gasteiger partial charge in [-0.2, -0.15) is 0 Å². The largest absolute Gasteiger partial charge is 0.497 e. The van der Waals surface area contributed by atoms with Gasteiger partial charge in [0, 0.05) is 24.7 Å². The monoisotopic (exact) mass is 483 g/mol. The lowest BCUT2D eigenvalue weighted by Crippen LogP contribution is -2.40. The highest BCUT2D eigenvalue weighted by molar-refractivity contribution is 5.72. The van der Waals surface area contributed by atoms with Crippen LogP contribution < -0.4 is 16.0 Å². The van der Waals surface area contributed by atoms with Crippen molar-refractivity contribution in [3.8, 4) is 11.4 Å². The van der Waals surface area contributed by atoms with Crippen LogP contribution >= 0.6 is 0 Å². The van der Waals surface area contributed by atoms with Gasteiger partial charge in [0.2, 0.25) is 0 Å². The molecule has 0 atom stereocenters. The van der Waals surface area contributed by atoms with Gasteiger partial charge in [-0.25, -0.2) is 14.3 Å². The molecule has 0 spiro atoms. The van der Waals surface area contributed by atoms with Crippen molar-refractivity contribution in [1.29, 1.82) is 0 Å². The predicted molar refractivity (Wildman–Crippen MR) is 134 cm³/mol. The minimum atomic E-state index is -0.537. The van der Waals surface area contributed by atoms with Gasteiger partial charge in [-0.1, -0.05) is 48.5 Å². The van der Waals surface area contributed by atoms with Gasteiger partial charge in [-0.3, -0.25) is 19.5 Å². The fourth-order valence-corrected chi connectivity index (χ4v) is 4.15. The number of hydrogen-bond acceptors (Lipinski definition) is 6. The predicted octanol–water partition coefficient (Wildman–Crippen LogP) is 3.36. The molecule has 2 aromatic heterocycles. The third-order valence-corrected chi connectivity index (χ3v) is 5.87. The molecule has 180 valence electrons. The zero-order valence-electron chi connectivity index (χ0n) is 19.3. The molecule has 0 radical (unpaired) electrons. The van der Waals surface area contributed by atoms with Gasteiger partial charge in [0.25, 0.3) is 11.2 Å². The maximum atomic E-state index is 13.7. The van der Waals surface area contributed by atoms with Gasteiger partial charge >= 0.3 is 5.69 Å². The standard InChI is InChI=1S/C26H21N5O5/c1-36-22-12-6-10-20(14-22)30-24-23(25(32)29(26(30)33)16-18-7-3-2-4-8-18)28(17-27-24)15-19-9-5-11-21(13-19)31(34)35/h2-14,17H,15-16H2,1H3. The number of nitrogens with zero attached hydrogens (tertiary/aromatic N) is 5. The quantitative estimate of drug-likeness (QED) is 0.259. The number of hydrogen-bond donors (Lipinski definition) is 0. The fraction of sp³-hybridized carbons (Fsp3) is 0.115. The summed E-state index contributed by atoms with van der Waals surface area (Å²) in [5.41, 5.74) is 1.21. The van der Waals surface area contributed by atoms with E-state index in [1.807, 2.05) is 30.3 Å². The summed E-state index contributed by atoms with van der Waals surface area (Å²) in [7, 11) is 1.53. The Hall–Kier alpha value is -4.99. The highest BCUT2D eigenvalue weighted by Crippen LogP contribution is 2.20. The molecule has 0 unspecified atom stereocenters. The normalized spacial score (nSPS) is 11.0. The first-order valence-electron chi connectivity index (χ1n) is 11.1. The molecular formula is C26H21N5O5. The molecule has 0 aliphatic heterocycles. The van der Waals surface area contributed by atoms with Crippen LogP contribution in [-0.2, 0) is 13.1 Å². The molecule has 10 heteroatoms. The number of imidazole rings is 1. The molecule has 0 saturated heterocycles. The van der Waals surface area contributed by atoms with Gasteiger partial charge in [0.1, 0.15) is 5.75 Å². The van der Waals surface area contributed by atoms with Crippen LogP contribution in [0.1, 0.15) is 11.1 Å². The molecule has 0 fully saturated rings. The van der Waals surface area contributed by atoms with E-state index in [1.54, 1.807) is 41.0 Å². The molecule has 2 heterocycles. The molecule has 36 heavy (non-hydrogen) atoms. The van der Waals surface area contributed by atoms with E-state index in [2.05, 4.69) is 4.98 Å². The molecule has 5 aromatic rings. The van der Waals surface area contributed by atoms with Gasteiger partial charge in [0.05, 0.1) is 30.6 Å². The van der Waals surface area contributed by atoms with E-state index >= 15 is 0 Å². The van der Waals surface area contributed by atoms with Crippen molar-refractivity contribution in [1.82, 2.24) is 18.7 Å². The van der Waals surface area contributed by atoms with Crippen molar-refractivity contribution in [2.75, 3.05) is 7.11 Å². The van der Waals surface area contributed by atoms with Gasteiger partial charge in [-0.15, -0.1) is 0 Å². The van der Waals surface area contributed by atoms with Crippen LogP contribution in [0.2, 0.25) is 0 Å². The molecule has 0 aliphatic carbocycles. The summed E-state index contributed by atoms with van der Waals surface area (Å²) in [6.07, 6.45) is 1.47. The average Bonchev–Trinajstić information content (AvgIpc) is 3.30. The molecule has 0 N–H and O–H groups in total. The molecule has 0 bridgehead atoms. The Morgan fingerprint density at radius 2 is 1.67 bits per heavy atom. The summed E-state index contributed by atoms with van der Waals surface area (Å²) in [6, 6.07) is 22.3. The molecule has 0 saturated carbocycles. The van der Waals surface area contributed by atoms with Crippen LogP contribution in [0.3, 0.4) is 0 Å². The number of methoxy groups -OCH3 is 1. The maximum absolute atomic E-state index is 13.7. The summed E-state index contributed by atoms with van der Waals surface area (Å²) in [5, 5.41) is 11.2. The lowest BCUT2D eigenvalue weighted by Gasteiger charge is -2.13. The maximum Gasteiger partial charge on any atom is 0.337 e. The molecule has 0 aliphatic rings. The van der Waals surface area contributed by atoms with Crippen molar-refractivity contribution < 1.29 is 9.66 Å². The third-order valence-electron chi connectivity index (χ3n) is 5.87. The van der Waals surface area contributed by atoms with Crippen molar-refractivity contribution in [3.05, 3.63) is 127 Å². The lowest BCUT2D eigenvalue weighted by molar-refractivity contribution is -0.384. The fourth-order valence-electron chi connectivity index (χ4n) is 4.15. The van der Waals surface area contributed by atoms with Crippen molar-refractivity contribution in [3.63, 3.8) is 0 Å². The molecule has 3 aromatic carbocycles. The van der Waals surface area contributed by atoms with Crippen LogP contribution in [0.25, 0.3) is 16.9 Å². The van der Waals surface area contributed by atoms with Crippen LogP contribution in [0.15, 0.2) is 94.8 Å². The van der Waals surface area contributed by atoms with E-state index < -0.39 is 16.2 Å². The number of nitro benzene ring substituents is 1. The van der Waals surface area contributed by atoms with E-state index in [9.17, 15) is 19.7 Å². The Morgan fingerprint density at radius 3 is 2.42 bits per heavy atom. The zero-order chi connectivity index (χ0) is 25.2. The number of non-ortho nitro benzene ring substituents is 1. The van der Waals surface area contributed by atoms with Crippen molar-refractivity contribution in [2.45, 2.75) is 13.1 Å². The van der Waals surface area contributed by atoms with Crippen LogP contribution in [-0.4, -0.2) is 30.7 Å². The minimum Gasteiger partial charge on any atom is -0.497 e. The highest BCUT2D eigenvalue weighted by atomic mass is 16.6. The molecule has 0 amide bonds. The van der Waals surface area contributed by atoms with Gasteiger partial charge in [-0.05, 0) is 23.3 Å². The van der Waals surface area contributed by atoms with E-state index in [1.165, 1.54) is 34.7 Å². The van der Waals surface area contributed by atoms with Crippen LogP contribution in [0, 0.1) is 10.1 Å². The van der Waals surface area contributed by atoms with E-state index in [0.717, 1.165) is 5.56 Å². The number of benzene rings is 3. The Labute approximate surface area is 204 Å². The van der Waals surface area contributed by atoms with Gasteiger partial charge < -0.3 is 9.30 Å². The first kappa shape index (κ1) is 22.8. The number of fused-ring (bicyclic) bond motifs is 1. The van der Waals surface area contributed by atoms with Crippen molar-refractivity contribution >= 4 is 16.9 Å². The van der Waals surface area contributed by atoms with E-state index in [-0.39, 0.29) is 29.9 Å². The van der Waals surface area contributed by atoms with Crippen molar-refractivity contribution in [2.24, 2.45) is 0 Å². The average molecular weight is 483 g/mol. The summed E-state index contributed by atoms with van der Waals surface area (Å²) in [5.74, 6) is 0.546. The number of aromatic nitrogens is 4. The number of rotatable bonds is 7. The topological polar surface area (TPSA) is 114 Å². The van der Waals surface area contributed by atoms with E-state index in [4.69, 9.17) is 4.74 Å². The third kappa shape index (κ3) is 4.16.